The van der Waals surface area contributed by atoms with Crippen LogP contribution >= 0.6 is 0 Å². The van der Waals surface area contributed by atoms with E-state index in [1.165, 1.54) is 5.69 Å². The van der Waals surface area contributed by atoms with Crippen molar-refractivity contribution >= 4 is 21.4 Å². The summed E-state index contributed by atoms with van der Waals surface area (Å²) < 4.78 is 37.4. The van der Waals surface area contributed by atoms with Gasteiger partial charge in [-0.3, -0.25) is 0 Å². The molecule has 178 valence electrons. The lowest BCUT2D eigenvalue weighted by molar-refractivity contribution is 0.141. The Balaban J connectivity index is 1.79. The molecule has 1 aromatic rings. The van der Waals surface area contributed by atoms with Crippen LogP contribution in [0.2, 0.25) is 0 Å². The lowest BCUT2D eigenvalue weighted by atomic mass is 9.86. The van der Waals surface area contributed by atoms with Crippen LogP contribution in [-0.4, -0.2) is 66.3 Å². The Hall–Kier alpha value is -1.35. The van der Waals surface area contributed by atoms with Gasteiger partial charge in [-0.1, -0.05) is 0 Å². The minimum absolute atomic E-state index is 0.0971. The second kappa shape index (κ2) is 13.9. The summed E-state index contributed by atoms with van der Waals surface area (Å²) in [5, 5.41) is 3.55. The van der Waals surface area contributed by atoms with Gasteiger partial charge in [-0.25, -0.2) is 13.1 Å². The number of nitrogens with one attached hydrogen (secondary N) is 2. The van der Waals surface area contributed by atoms with Gasteiger partial charge >= 0.3 is 0 Å². The van der Waals surface area contributed by atoms with Crippen LogP contribution < -0.4 is 14.9 Å². The summed E-state index contributed by atoms with van der Waals surface area (Å²) in [7, 11) is -3.10. The molecule has 0 amide bonds. The Morgan fingerprint density at radius 3 is 2.03 bits per heavy atom. The molecule has 0 aromatic heterocycles. The van der Waals surface area contributed by atoms with Crippen LogP contribution in [0.5, 0.6) is 0 Å². The Kier molecular flexibility index (Phi) is 11.6. The molecule has 1 aliphatic carbocycles. The first kappa shape index (κ1) is 25.9. The first-order chi connectivity index (χ1) is 15.0. The molecule has 0 atom stereocenters. The number of hydrogen-bond acceptors (Lipinski definition) is 6. The summed E-state index contributed by atoms with van der Waals surface area (Å²) in [6, 6.07) is 8.66. The molecule has 31 heavy (non-hydrogen) atoms. The van der Waals surface area contributed by atoms with Crippen LogP contribution in [0.4, 0.5) is 11.4 Å². The van der Waals surface area contributed by atoms with Crippen LogP contribution in [-0.2, 0) is 19.5 Å². The molecular formula is C23H41N3O4S. The molecule has 1 aromatic carbocycles. The van der Waals surface area contributed by atoms with E-state index in [0.29, 0.717) is 19.1 Å². The second-order valence-corrected chi connectivity index (χ2v) is 10.1. The highest BCUT2D eigenvalue weighted by atomic mass is 32.2. The van der Waals surface area contributed by atoms with Gasteiger partial charge in [-0.05, 0) is 76.6 Å². The number of hydrogen-bond donors (Lipinski definition) is 2. The van der Waals surface area contributed by atoms with Crippen molar-refractivity contribution in [3.8, 4) is 0 Å². The van der Waals surface area contributed by atoms with Gasteiger partial charge in [0.1, 0.15) is 0 Å². The normalized spacial score (nSPS) is 19.3. The van der Waals surface area contributed by atoms with Crippen LogP contribution in [0.1, 0.15) is 46.5 Å². The summed E-state index contributed by atoms with van der Waals surface area (Å²) in [5.41, 5.74) is 2.29. The van der Waals surface area contributed by atoms with Gasteiger partial charge in [0, 0.05) is 50.3 Å². The summed E-state index contributed by atoms with van der Waals surface area (Å²) in [4.78, 5) is 2.30. The standard InChI is InChI=1S/C23H41N3O4S/c1-4-29-17-15-26(16-18-30-5-2)23-13-11-21(12-14-23)24-19-20-7-9-22(10-8-20)25-31(27,28)6-3/h11-14,20,22,24-25H,4-10,15-19H2,1-3H3. The maximum atomic E-state index is 11.7. The van der Waals surface area contributed by atoms with Crippen molar-refractivity contribution in [2.75, 3.05) is 62.0 Å². The highest BCUT2D eigenvalue weighted by molar-refractivity contribution is 7.89. The number of rotatable bonds is 15. The van der Waals surface area contributed by atoms with Crippen LogP contribution in [0.3, 0.4) is 0 Å². The Labute approximate surface area is 188 Å². The van der Waals surface area contributed by atoms with E-state index < -0.39 is 10.0 Å². The van der Waals surface area contributed by atoms with Crippen LogP contribution in [0, 0.1) is 5.92 Å². The van der Waals surface area contributed by atoms with E-state index in [1.54, 1.807) is 6.92 Å². The van der Waals surface area contributed by atoms with Crippen molar-refractivity contribution in [1.82, 2.24) is 4.72 Å². The van der Waals surface area contributed by atoms with Crippen LogP contribution in [0.25, 0.3) is 0 Å². The van der Waals surface area contributed by atoms with Crippen molar-refractivity contribution in [1.29, 1.82) is 0 Å². The molecule has 0 unspecified atom stereocenters. The molecule has 2 N–H and O–H groups in total. The molecule has 0 spiro atoms. The molecule has 0 heterocycles. The third-order valence-electron chi connectivity index (χ3n) is 5.82. The highest BCUT2D eigenvalue weighted by Gasteiger charge is 2.24. The highest BCUT2D eigenvalue weighted by Crippen LogP contribution is 2.26. The summed E-state index contributed by atoms with van der Waals surface area (Å²) >= 11 is 0. The van der Waals surface area contributed by atoms with E-state index >= 15 is 0 Å². The average molecular weight is 456 g/mol. The Bertz CT molecular complexity index is 694. The second-order valence-electron chi connectivity index (χ2n) is 8.05. The Morgan fingerprint density at radius 2 is 1.52 bits per heavy atom. The van der Waals surface area contributed by atoms with Gasteiger partial charge in [0.15, 0.2) is 0 Å². The smallest absolute Gasteiger partial charge is 0.211 e. The zero-order chi connectivity index (χ0) is 22.5. The van der Waals surface area contributed by atoms with Crippen LogP contribution in [0.15, 0.2) is 24.3 Å². The van der Waals surface area contributed by atoms with Crippen molar-refractivity contribution in [3.63, 3.8) is 0 Å². The molecule has 1 aliphatic rings. The quantitative estimate of drug-likeness (QED) is 0.394. The summed E-state index contributed by atoms with van der Waals surface area (Å²) in [5.74, 6) is 0.732. The van der Waals surface area contributed by atoms with E-state index in [1.807, 2.05) is 13.8 Å². The predicted octanol–water partition coefficient (Wildman–Crippen LogP) is 3.48. The molecule has 8 heteroatoms. The maximum absolute atomic E-state index is 11.7. The van der Waals surface area contributed by atoms with Gasteiger partial charge in [-0.15, -0.1) is 0 Å². The molecule has 1 saturated carbocycles. The third kappa shape index (κ3) is 9.76. The molecule has 0 saturated heterocycles. The molecule has 0 aliphatic heterocycles. The monoisotopic (exact) mass is 455 g/mol. The fourth-order valence-electron chi connectivity index (χ4n) is 3.88. The minimum Gasteiger partial charge on any atom is -0.385 e. The van der Waals surface area contributed by atoms with E-state index in [4.69, 9.17) is 9.47 Å². The lowest BCUT2D eigenvalue weighted by Gasteiger charge is -2.29. The van der Waals surface area contributed by atoms with Crippen molar-refractivity contribution in [2.45, 2.75) is 52.5 Å². The third-order valence-corrected chi connectivity index (χ3v) is 7.27. The fraction of sp³-hybridized carbons (Fsp3) is 0.739. The number of sulfonamides is 1. The minimum atomic E-state index is -3.10. The zero-order valence-corrected chi connectivity index (χ0v) is 20.3. The first-order valence-electron chi connectivity index (χ1n) is 11.7. The average Bonchev–Trinajstić information content (AvgIpc) is 2.78. The predicted molar refractivity (Wildman–Crippen MR) is 128 cm³/mol. The summed E-state index contributed by atoms with van der Waals surface area (Å²) in [6.45, 7) is 11.2. The molecule has 1 fully saturated rings. The molecule has 0 bridgehead atoms. The number of nitrogens with zero attached hydrogens (tertiary/aromatic N) is 1. The summed E-state index contributed by atoms with van der Waals surface area (Å²) in [6.07, 6.45) is 3.92. The van der Waals surface area contributed by atoms with Gasteiger partial charge in [0.2, 0.25) is 10.0 Å². The van der Waals surface area contributed by atoms with Gasteiger partial charge in [-0.2, -0.15) is 0 Å². The largest absolute Gasteiger partial charge is 0.385 e. The topological polar surface area (TPSA) is 79.9 Å². The van der Waals surface area contributed by atoms with Crippen molar-refractivity contribution in [2.24, 2.45) is 5.92 Å². The fourth-order valence-corrected chi connectivity index (χ4v) is 4.79. The van der Waals surface area contributed by atoms with Gasteiger partial charge < -0.3 is 19.7 Å². The van der Waals surface area contributed by atoms with E-state index in [-0.39, 0.29) is 11.8 Å². The maximum Gasteiger partial charge on any atom is 0.211 e. The molecular weight excluding hydrogens is 414 g/mol. The number of anilines is 2. The molecule has 2 rings (SSSR count). The van der Waals surface area contributed by atoms with Gasteiger partial charge in [0.25, 0.3) is 0 Å². The van der Waals surface area contributed by atoms with E-state index in [0.717, 1.165) is 64.2 Å². The number of ether oxygens (including phenoxy) is 2. The molecule has 0 radical (unpaired) electrons. The SMILES string of the molecule is CCOCCN(CCOCC)c1ccc(NCC2CCC(NS(=O)(=O)CC)CC2)cc1. The zero-order valence-electron chi connectivity index (χ0n) is 19.4. The first-order valence-corrected chi connectivity index (χ1v) is 13.4. The lowest BCUT2D eigenvalue weighted by Crippen LogP contribution is -2.39. The van der Waals surface area contributed by atoms with Crippen molar-refractivity contribution < 1.29 is 17.9 Å². The van der Waals surface area contributed by atoms with Gasteiger partial charge in [0.05, 0.1) is 19.0 Å². The van der Waals surface area contributed by atoms with Crippen molar-refractivity contribution in [3.05, 3.63) is 24.3 Å². The molecule has 7 nitrogen and oxygen atoms in total. The van der Waals surface area contributed by atoms with E-state index in [2.05, 4.69) is 39.2 Å². The number of benzene rings is 1. The van der Waals surface area contributed by atoms with E-state index in [9.17, 15) is 8.42 Å². The Morgan fingerprint density at radius 1 is 0.935 bits per heavy atom.